The summed E-state index contributed by atoms with van der Waals surface area (Å²) in [5, 5.41) is 5.96. The van der Waals surface area contributed by atoms with Gasteiger partial charge < -0.3 is 15.8 Å². The Balaban J connectivity index is 1.69. The summed E-state index contributed by atoms with van der Waals surface area (Å²) in [6.07, 6.45) is 0.856. The summed E-state index contributed by atoms with van der Waals surface area (Å²) >= 11 is 2.55. The first-order chi connectivity index (χ1) is 16.3. The maximum Gasteiger partial charge on any atom is 0.341 e. The Hall–Kier alpha value is -3.23. The number of nitrogens with two attached hydrogens (primary N) is 1. The topological polar surface area (TPSA) is 94.3 Å². The third-order valence-electron chi connectivity index (χ3n) is 5.34. The minimum atomic E-state index is -0.473. The smallest absolute Gasteiger partial charge is 0.341 e. The van der Waals surface area contributed by atoms with Crippen LogP contribution in [-0.2, 0) is 11.2 Å². The summed E-state index contributed by atoms with van der Waals surface area (Å²) in [5.41, 5.74) is 10.8. The monoisotopic (exact) mass is 493 g/mol. The number of ether oxygens (including phenoxy) is 1. The quantitative estimate of drug-likeness (QED) is 0.285. The molecule has 3 N–H and O–H groups in total. The lowest BCUT2D eigenvalue weighted by Crippen LogP contribution is -2.14. The number of hydrogen-bond donors (Lipinski definition) is 2. The first-order valence-corrected chi connectivity index (χ1v) is 12.8. The van der Waals surface area contributed by atoms with Gasteiger partial charge in [-0.15, -0.1) is 22.7 Å². The Morgan fingerprint density at radius 2 is 1.88 bits per heavy atom. The van der Waals surface area contributed by atoms with E-state index in [1.165, 1.54) is 22.7 Å². The van der Waals surface area contributed by atoms with Crippen LogP contribution in [0, 0.1) is 12.8 Å². The number of aromatic nitrogens is 1. The Labute approximate surface area is 206 Å². The van der Waals surface area contributed by atoms with Gasteiger partial charge in [-0.3, -0.25) is 4.79 Å². The lowest BCUT2D eigenvalue weighted by molar-refractivity contribution is 0.0529. The zero-order valence-corrected chi connectivity index (χ0v) is 21.2. The van der Waals surface area contributed by atoms with Crippen LogP contribution in [0.25, 0.3) is 21.3 Å². The van der Waals surface area contributed by atoms with Crippen molar-refractivity contribution in [3.63, 3.8) is 0 Å². The number of rotatable bonds is 7. The van der Waals surface area contributed by atoms with Crippen molar-refractivity contribution in [2.75, 3.05) is 17.7 Å². The molecule has 4 rings (SSSR count). The van der Waals surface area contributed by atoms with Gasteiger partial charge in [0, 0.05) is 22.0 Å². The molecule has 4 aromatic rings. The number of carbonyl (C=O) groups is 2. The molecule has 0 saturated heterocycles. The lowest BCUT2D eigenvalue weighted by Gasteiger charge is -2.09. The van der Waals surface area contributed by atoms with Gasteiger partial charge in [0.15, 0.2) is 0 Å². The zero-order chi connectivity index (χ0) is 24.4. The van der Waals surface area contributed by atoms with E-state index in [2.05, 4.69) is 19.2 Å². The molecule has 0 fully saturated rings. The minimum Gasteiger partial charge on any atom is -0.462 e. The largest absolute Gasteiger partial charge is 0.462 e. The van der Waals surface area contributed by atoms with Crippen LogP contribution in [0.4, 0.5) is 10.7 Å². The number of fused-ring (bicyclic) bond motifs is 1. The molecule has 6 nitrogen and oxygen atoms in total. The number of aryl methyl sites for hydroxylation is 1. The number of esters is 1. The summed E-state index contributed by atoms with van der Waals surface area (Å²) < 4.78 is 5.30. The van der Waals surface area contributed by atoms with Gasteiger partial charge in [-0.1, -0.05) is 43.7 Å². The molecule has 34 heavy (non-hydrogen) atoms. The Kier molecular flexibility index (Phi) is 7.00. The molecule has 1 aromatic carbocycles. The van der Waals surface area contributed by atoms with E-state index in [-0.39, 0.29) is 12.5 Å². The van der Waals surface area contributed by atoms with Crippen LogP contribution in [0.2, 0.25) is 0 Å². The van der Waals surface area contributed by atoms with Gasteiger partial charge in [0.2, 0.25) is 0 Å². The van der Waals surface area contributed by atoms with E-state index in [4.69, 9.17) is 15.5 Å². The summed E-state index contributed by atoms with van der Waals surface area (Å²) in [6, 6.07) is 11.8. The third kappa shape index (κ3) is 4.83. The Morgan fingerprint density at radius 3 is 2.56 bits per heavy atom. The van der Waals surface area contributed by atoms with E-state index in [1.807, 2.05) is 48.7 Å². The third-order valence-corrected chi connectivity index (χ3v) is 7.34. The Morgan fingerprint density at radius 1 is 1.15 bits per heavy atom. The highest BCUT2D eigenvalue weighted by atomic mass is 32.1. The standard InChI is InChI=1S/C26H27N3O3S2/c1-5-32-26(31)20-19(16-8-6-15(4)7-9-16)13-33-25(20)29-23(30)22-21(27)18-11-10-17(12-14(2)3)28-24(18)34-22/h6-11,13-14H,5,12,27H2,1-4H3,(H,29,30). The summed E-state index contributed by atoms with van der Waals surface area (Å²) in [7, 11) is 0. The SMILES string of the molecule is CCOC(=O)c1c(-c2ccc(C)cc2)csc1NC(=O)c1sc2nc(CC(C)C)ccc2c1N. The van der Waals surface area contributed by atoms with Crippen molar-refractivity contribution in [3.8, 4) is 11.1 Å². The summed E-state index contributed by atoms with van der Waals surface area (Å²) in [5.74, 6) is -0.361. The Bertz CT molecular complexity index is 1350. The van der Waals surface area contributed by atoms with Gasteiger partial charge in [-0.2, -0.15) is 0 Å². The van der Waals surface area contributed by atoms with Gasteiger partial charge in [0.25, 0.3) is 5.91 Å². The molecule has 0 aliphatic rings. The number of carbonyl (C=O) groups excluding carboxylic acids is 2. The number of amides is 1. The molecule has 0 atom stereocenters. The lowest BCUT2D eigenvalue weighted by atomic mass is 10.0. The second-order valence-electron chi connectivity index (χ2n) is 8.49. The highest BCUT2D eigenvalue weighted by molar-refractivity contribution is 7.21. The van der Waals surface area contributed by atoms with Crippen molar-refractivity contribution in [2.45, 2.75) is 34.1 Å². The summed E-state index contributed by atoms with van der Waals surface area (Å²) in [6.45, 7) is 8.28. The molecule has 0 aliphatic carbocycles. The van der Waals surface area contributed by atoms with E-state index in [1.54, 1.807) is 6.92 Å². The highest BCUT2D eigenvalue weighted by Crippen LogP contribution is 2.38. The molecule has 176 valence electrons. The van der Waals surface area contributed by atoms with Crippen LogP contribution in [0.1, 0.15) is 52.1 Å². The van der Waals surface area contributed by atoms with Gasteiger partial charge in [-0.05, 0) is 43.9 Å². The summed E-state index contributed by atoms with van der Waals surface area (Å²) in [4.78, 5) is 31.9. The fraction of sp³-hybridized carbons (Fsp3) is 0.269. The van der Waals surface area contributed by atoms with E-state index in [0.29, 0.717) is 27.0 Å². The van der Waals surface area contributed by atoms with Crippen LogP contribution in [-0.4, -0.2) is 23.5 Å². The average molecular weight is 494 g/mol. The van der Waals surface area contributed by atoms with Crippen molar-refractivity contribution < 1.29 is 14.3 Å². The average Bonchev–Trinajstić information content (AvgIpc) is 3.35. The molecular formula is C26H27N3O3S2. The van der Waals surface area contributed by atoms with Crippen molar-refractivity contribution in [1.29, 1.82) is 0 Å². The minimum absolute atomic E-state index is 0.239. The maximum absolute atomic E-state index is 13.2. The van der Waals surface area contributed by atoms with Crippen LogP contribution >= 0.6 is 22.7 Å². The van der Waals surface area contributed by atoms with Crippen molar-refractivity contribution >= 4 is 55.5 Å². The van der Waals surface area contributed by atoms with Crippen LogP contribution in [0.5, 0.6) is 0 Å². The molecule has 0 saturated carbocycles. The molecule has 0 aliphatic heterocycles. The fourth-order valence-electron chi connectivity index (χ4n) is 3.70. The van der Waals surface area contributed by atoms with Crippen LogP contribution in [0.3, 0.4) is 0 Å². The number of pyridine rings is 1. The molecule has 8 heteroatoms. The van der Waals surface area contributed by atoms with E-state index in [0.717, 1.165) is 39.0 Å². The molecule has 3 aromatic heterocycles. The molecule has 0 spiro atoms. The maximum atomic E-state index is 13.2. The van der Waals surface area contributed by atoms with Crippen molar-refractivity contribution in [1.82, 2.24) is 4.98 Å². The second-order valence-corrected chi connectivity index (χ2v) is 10.4. The zero-order valence-electron chi connectivity index (χ0n) is 19.6. The number of thiophene rings is 2. The van der Waals surface area contributed by atoms with Crippen molar-refractivity contribution in [3.05, 3.63) is 63.5 Å². The second kappa shape index (κ2) is 9.95. The molecular weight excluding hydrogens is 466 g/mol. The first kappa shape index (κ1) is 23.9. The van der Waals surface area contributed by atoms with Gasteiger partial charge in [-0.25, -0.2) is 9.78 Å². The predicted octanol–water partition coefficient (Wildman–Crippen LogP) is 6.54. The highest BCUT2D eigenvalue weighted by Gasteiger charge is 2.25. The number of benzene rings is 1. The number of nitrogen functional groups attached to an aromatic ring is 1. The molecule has 0 radical (unpaired) electrons. The molecule has 1 amide bonds. The first-order valence-electron chi connectivity index (χ1n) is 11.1. The van der Waals surface area contributed by atoms with Crippen LogP contribution < -0.4 is 11.1 Å². The van der Waals surface area contributed by atoms with Gasteiger partial charge >= 0.3 is 5.97 Å². The fourth-order valence-corrected chi connectivity index (χ4v) is 5.66. The van der Waals surface area contributed by atoms with Crippen LogP contribution in [0.15, 0.2) is 41.8 Å². The molecule has 3 heterocycles. The number of nitrogens with zero attached hydrogens (tertiary/aromatic N) is 1. The number of anilines is 2. The van der Waals surface area contributed by atoms with Gasteiger partial charge in [0.05, 0.1) is 12.3 Å². The molecule has 0 unspecified atom stereocenters. The van der Waals surface area contributed by atoms with E-state index >= 15 is 0 Å². The number of hydrogen-bond acceptors (Lipinski definition) is 7. The number of nitrogens with one attached hydrogen (secondary N) is 1. The molecule has 0 bridgehead atoms. The van der Waals surface area contributed by atoms with Gasteiger partial charge in [0.1, 0.15) is 20.3 Å². The predicted molar refractivity (Wildman–Crippen MR) is 141 cm³/mol. The van der Waals surface area contributed by atoms with E-state index in [9.17, 15) is 9.59 Å². The van der Waals surface area contributed by atoms with E-state index < -0.39 is 5.97 Å². The van der Waals surface area contributed by atoms with Crippen molar-refractivity contribution in [2.24, 2.45) is 5.92 Å². The normalized spacial score (nSPS) is 11.2.